The van der Waals surface area contributed by atoms with E-state index in [0.29, 0.717) is 17.2 Å². The Labute approximate surface area is 218 Å². The maximum atomic E-state index is 13.7. The van der Waals surface area contributed by atoms with E-state index < -0.39 is 6.04 Å². The predicted molar refractivity (Wildman–Crippen MR) is 143 cm³/mol. The Balaban J connectivity index is 1.62. The van der Waals surface area contributed by atoms with Crippen molar-refractivity contribution in [2.24, 2.45) is 0 Å². The summed E-state index contributed by atoms with van der Waals surface area (Å²) < 4.78 is 5.91. The molecule has 0 aromatic heterocycles. The SMILES string of the molecule is Cc1ccccc1OCC(=O)N(Cc1cccc(Cl)c1)[C@H](Cc1ccccc1)C(=O)NC1CCCC1. The zero-order chi connectivity index (χ0) is 25.3. The minimum Gasteiger partial charge on any atom is -0.484 e. The molecule has 0 aliphatic heterocycles. The van der Waals surface area contributed by atoms with Crippen LogP contribution >= 0.6 is 11.6 Å². The van der Waals surface area contributed by atoms with E-state index in [1.807, 2.05) is 79.7 Å². The fourth-order valence-electron chi connectivity index (χ4n) is 4.69. The Bertz CT molecular complexity index is 1160. The van der Waals surface area contributed by atoms with Crippen LogP contribution in [-0.4, -0.2) is 35.4 Å². The summed E-state index contributed by atoms with van der Waals surface area (Å²) in [6.45, 7) is 2.04. The van der Waals surface area contributed by atoms with Gasteiger partial charge in [-0.25, -0.2) is 0 Å². The second kappa shape index (κ2) is 12.6. The Morgan fingerprint density at radius 1 is 0.972 bits per heavy atom. The van der Waals surface area contributed by atoms with Gasteiger partial charge in [0.25, 0.3) is 5.91 Å². The number of ether oxygens (including phenoxy) is 1. The van der Waals surface area contributed by atoms with Crippen molar-refractivity contribution in [2.75, 3.05) is 6.61 Å². The van der Waals surface area contributed by atoms with E-state index in [1.54, 1.807) is 11.0 Å². The number of halogens is 1. The molecule has 1 fully saturated rings. The highest BCUT2D eigenvalue weighted by molar-refractivity contribution is 6.30. The number of benzene rings is 3. The van der Waals surface area contributed by atoms with Gasteiger partial charge in [-0.1, -0.05) is 85.1 Å². The van der Waals surface area contributed by atoms with E-state index in [0.717, 1.165) is 42.4 Å². The molecule has 3 aromatic carbocycles. The van der Waals surface area contributed by atoms with Gasteiger partial charge in [-0.05, 0) is 54.7 Å². The number of nitrogens with one attached hydrogen (secondary N) is 1. The molecule has 3 aromatic rings. The van der Waals surface area contributed by atoms with Gasteiger partial charge in [-0.2, -0.15) is 0 Å². The molecule has 1 N–H and O–H groups in total. The standard InChI is InChI=1S/C30H33ClN2O3/c1-22-10-5-8-17-28(22)36-21-29(34)33(20-24-13-9-14-25(31)18-24)27(19-23-11-3-2-4-12-23)30(35)32-26-15-6-7-16-26/h2-5,8-14,17-18,26-27H,6-7,15-16,19-21H2,1H3,(H,32,35)/t27-/m1/s1. The van der Waals surface area contributed by atoms with Crippen LogP contribution in [0.2, 0.25) is 5.02 Å². The zero-order valence-electron chi connectivity index (χ0n) is 20.7. The van der Waals surface area contributed by atoms with E-state index in [4.69, 9.17) is 16.3 Å². The Morgan fingerprint density at radius 3 is 2.39 bits per heavy atom. The lowest BCUT2D eigenvalue weighted by molar-refractivity contribution is -0.143. The quantitative estimate of drug-likeness (QED) is 0.384. The Morgan fingerprint density at radius 2 is 1.67 bits per heavy atom. The van der Waals surface area contributed by atoms with Crippen LogP contribution in [-0.2, 0) is 22.6 Å². The third-order valence-electron chi connectivity index (χ3n) is 6.66. The van der Waals surface area contributed by atoms with E-state index in [9.17, 15) is 9.59 Å². The number of hydrogen-bond acceptors (Lipinski definition) is 3. The third kappa shape index (κ3) is 7.11. The van der Waals surface area contributed by atoms with Crippen molar-refractivity contribution in [3.05, 3.63) is 101 Å². The van der Waals surface area contributed by atoms with E-state index >= 15 is 0 Å². The lowest BCUT2D eigenvalue weighted by Crippen LogP contribution is -2.53. The fourth-order valence-corrected chi connectivity index (χ4v) is 4.91. The van der Waals surface area contributed by atoms with Crippen molar-refractivity contribution in [3.8, 4) is 5.75 Å². The number of rotatable bonds is 10. The van der Waals surface area contributed by atoms with E-state index in [1.165, 1.54) is 0 Å². The number of aryl methyl sites for hydroxylation is 1. The first kappa shape index (κ1) is 25.8. The molecule has 1 atom stereocenters. The van der Waals surface area contributed by atoms with Gasteiger partial charge in [0.05, 0.1) is 0 Å². The second-order valence-corrected chi connectivity index (χ2v) is 9.84. The smallest absolute Gasteiger partial charge is 0.261 e. The predicted octanol–water partition coefficient (Wildman–Crippen LogP) is 5.73. The van der Waals surface area contributed by atoms with Crippen LogP contribution in [0.25, 0.3) is 0 Å². The van der Waals surface area contributed by atoms with Gasteiger partial charge in [0.15, 0.2) is 6.61 Å². The van der Waals surface area contributed by atoms with Crippen LogP contribution in [0, 0.1) is 6.92 Å². The van der Waals surface area contributed by atoms with Crippen molar-refractivity contribution in [2.45, 2.75) is 57.7 Å². The molecular weight excluding hydrogens is 472 g/mol. The highest BCUT2D eigenvalue weighted by atomic mass is 35.5. The summed E-state index contributed by atoms with van der Waals surface area (Å²) in [7, 11) is 0. The molecule has 0 radical (unpaired) electrons. The molecular formula is C30H33ClN2O3. The zero-order valence-corrected chi connectivity index (χ0v) is 21.4. The summed E-state index contributed by atoms with van der Waals surface area (Å²) in [4.78, 5) is 29.0. The number of carbonyl (C=O) groups is 2. The lowest BCUT2D eigenvalue weighted by atomic mass is 10.0. The van der Waals surface area contributed by atoms with Crippen molar-refractivity contribution >= 4 is 23.4 Å². The molecule has 1 aliphatic rings. The summed E-state index contributed by atoms with van der Waals surface area (Å²) in [5.41, 5.74) is 2.80. The molecule has 0 spiro atoms. The molecule has 0 heterocycles. The van der Waals surface area contributed by atoms with Crippen LogP contribution in [0.5, 0.6) is 5.75 Å². The molecule has 0 saturated heterocycles. The van der Waals surface area contributed by atoms with Crippen molar-refractivity contribution in [1.29, 1.82) is 0 Å². The second-order valence-electron chi connectivity index (χ2n) is 9.40. The van der Waals surface area contributed by atoms with Gasteiger partial charge < -0.3 is 15.0 Å². The maximum Gasteiger partial charge on any atom is 0.261 e. The van der Waals surface area contributed by atoms with Crippen LogP contribution in [0.4, 0.5) is 0 Å². The normalized spacial score (nSPS) is 14.3. The number of nitrogens with zero attached hydrogens (tertiary/aromatic N) is 1. The van der Waals surface area contributed by atoms with Crippen LogP contribution in [0.1, 0.15) is 42.4 Å². The maximum absolute atomic E-state index is 13.7. The largest absolute Gasteiger partial charge is 0.484 e. The van der Waals surface area contributed by atoms with E-state index in [-0.39, 0.29) is 31.0 Å². The van der Waals surface area contributed by atoms with Gasteiger partial charge in [0.2, 0.25) is 5.91 Å². The Kier molecular flexibility index (Phi) is 9.01. The molecule has 6 heteroatoms. The van der Waals surface area contributed by atoms with E-state index in [2.05, 4.69) is 5.32 Å². The number of para-hydroxylation sites is 1. The molecule has 1 saturated carbocycles. The average molecular weight is 505 g/mol. The van der Waals surface area contributed by atoms with Crippen LogP contribution < -0.4 is 10.1 Å². The number of hydrogen-bond donors (Lipinski definition) is 1. The minimum atomic E-state index is -0.681. The summed E-state index contributed by atoms with van der Waals surface area (Å²) in [6.07, 6.45) is 4.59. The van der Waals surface area contributed by atoms with Crippen molar-refractivity contribution in [3.63, 3.8) is 0 Å². The molecule has 0 unspecified atom stereocenters. The Hall–Kier alpha value is -3.31. The topological polar surface area (TPSA) is 58.6 Å². The molecule has 2 amide bonds. The third-order valence-corrected chi connectivity index (χ3v) is 6.89. The molecule has 36 heavy (non-hydrogen) atoms. The van der Waals surface area contributed by atoms with Gasteiger partial charge >= 0.3 is 0 Å². The first-order valence-electron chi connectivity index (χ1n) is 12.6. The highest BCUT2D eigenvalue weighted by Gasteiger charge is 2.32. The average Bonchev–Trinajstić information content (AvgIpc) is 3.39. The number of carbonyl (C=O) groups excluding carboxylic acids is 2. The van der Waals surface area contributed by atoms with Crippen LogP contribution in [0.3, 0.4) is 0 Å². The molecule has 4 rings (SSSR count). The molecule has 188 valence electrons. The summed E-state index contributed by atoms with van der Waals surface area (Å²) in [5.74, 6) is 0.279. The van der Waals surface area contributed by atoms with Gasteiger partial charge in [-0.15, -0.1) is 0 Å². The number of amides is 2. The minimum absolute atomic E-state index is 0.128. The molecule has 0 bridgehead atoms. The van der Waals surface area contributed by atoms with Gasteiger partial charge in [0, 0.05) is 24.0 Å². The highest BCUT2D eigenvalue weighted by Crippen LogP contribution is 2.22. The summed E-state index contributed by atoms with van der Waals surface area (Å²) >= 11 is 6.24. The molecule has 1 aliphatic carbocycles. The van der Waals surface area contributed by atoms with Gasteiger partial charge in [0.1, 0.15) is 11.8 Å². The monoisotopic (exact) mass is 504 g/mol. The van der Waals surface area contributed by atoms with Crippen molar-refractivity contribution in [1.82, 2.24) is 10.2 Å². The first-order valence-corrected chi connectivity index (χ1v) is 12.9. The first-order chi connectivity index (χ1) is 17.5. The summed E-state index contributed by atoms with van der Waals surface area (Å²) in [6, 6.07) is 24.3. The fraction of sp³-hybridized carbons (Fsp3) is 0.333. The summed E-state index contributed by atoms with van der Waals surface area (Å²) in [5, 5.41) is 3.80. The lowest BCUT2D eigenvalue weighted by Gasteiger charge is -2.32. The van der Waals surface area contributed by atoms with Gasteiger partial charge in [-0.3, -0.25) is 9.59 Å². The van der Waals surface area contributed by atoms with Crippen molar-refractivity contribution < 1.29 is 14.3 Å². The molecule has 5 nitrogen and oxygen atoms in total. The van der Waals surface area contributed by atoms with Crippen LogP contribution in [0.15, 0.2) is 78.9 Å².